The van der Waals surface area contributed by atoms with Crippen molar-refractivity contribution in [2.45, 2.75) is 39.2 Å². The molecule has 2 aliphatic heterocycles. The van der Waals surface area contributed by atoms with E-state index in [1.165, 1.54) is 0 Å². The Morgan fingerprint density at radius 2 is 2.14 bits per heavy atom. The Morgan fingerprint density at radius 3 is 2.76 bits per heavy atom. The van der Waals surface area contributed by atoms with E-state index in [-0.39, 0.29) is 5.91 Å². The fourth-order valence-electron chi connectivity index (χ4n) is 2.94. The standard InChI is InChI=1S/C17H18N2O2/c1-11-16(19-8-4-5-15(19)20)13-9-12(10-18)6-7-14(13)21-17(11,2)3/h6-7,9H,4-5,8H2,1-3H3. The summed E-state index contributed by atoms with van der Waals surface area (Å²) in [6.07, 6.45) is 1.47. The van der Waals surface area contributed by atoms with Gasteiger partial charge in [-0.1, -0.05) is 0 Å². The summed E-state index contributed by atoms with van der Waals surface area (Å²) >= 11 is 0. The third-order valence-corrected chi connectivity index (χ3v) is 4.33. The number of amides is 1. The third-order valence-electron chi connectivity index (χ3n) is 4.33. The number of benzene rings is 1. The monoisotopic (exact) mass is 282 g/mol. The van der Waals surface area contributed by atoms with Gasteiger partial charge in [-0.15, -0.1) is 0 Å². The maximum Gasteiger partial charge on any atom is 0.227 e. The molecule has 2 heterocycles. The molecule has 1 saturated heterocycles. The molecular weight excluding hydrogens is 264 g/mol. The Bertz CT molecular complexity index is 695. The van der Waals surface area contributed by atoms with E-state index in [2.05, 4.69) is 6.07 Å². The first-order valence-corrected chi connectivity index (χ1v) is 7.19. The minimum Gasteiger partial charge on any atom is -0.483 e. The molecule has 1 amide bonds. The van der Waals surface area contributed by atoms with Gasteiger partial charge in [0.25, 0.3) is 0 Å². The van der Waals surface area contributed by atoms with Gasteiger partial charge in [0, 0.05) is 18.5 Å². The fraction of sp³-hybridized carbons (Fsp3) is 0.412. The summed E-state index contributed by atoms with van der Waals surface area (Å²) in [7, 11) is 0. The van der Waals surface area contributed by atoms with Crippen LogP contribution in [0.1, 0.15) is 44.7 Å². The average molecular weight is 282 g/mol. The van der Waals surface area contributed by atoms with Gasteiger partial charge in [0.2, 0.25) is 5.91 Å². The van der Waals surface area contributed by atoms with E-state index in [0.717, 1.165) is 35.5 Å². The number of nitrogens with zero attached hydrogens (tertiary/aromatic N) is 2. The van der Waals surface area contributed by atoms with Crippen molar-refractivity contribution in [3.05, 3.63) is 34.9 Å². The van der Waals surface area contributed by atoms with Crippen LogP contribution < -0.4 is 4.74 Å². The van der Waals surface area contributed by atoms with Crippen molar-refractivity contribution in [3.8, 4) is 11.8 Å². The van der Waals surface area contributed by atoms with Gasteiger partial charge in [-0.3, -0.25) is 4.79 Å². The van der Waals surface area contributed by atoms with Gasteiger partial charge in [0.1, 0.15) is 11.4 Å². The molecule has 0 saturated carbocycles. The lowest BCUT2D eigenvalue weighted by Gasteiger charge is -2.38. The van der Waals surface area contributed by atoms with Gasteiger partial charge in [-0.25, -0.2) is 0 Å². The molecule has 1 fully saturated rings. The van der Waals surface area contributed by atoms with E-state index in [0.29, 0.717) is 12.0 Å². The number of rotatable bonds is 1. The summed E-state index contributed by atoms with van der Waals surface area (Å²) in [5.41, 5.74) is 2.91. The Balaban J connectivity index is 2.22. The SMILES string of the molecule is CC1=C(N2CCCC2=O)c2cc(C#N)ccc2OC1(C)C. The summed E-state index contributed by atoms with van der Waals surface area (Å²) in [5.74, 6) is 0.884. The normalized spacial score (nSPS) is 20.1. The van der Waals surface area contributed by atoms with Crippen LogP contribution in [0.2, 0.25) is 0 Å². The molecule has 3 rings (SSSR count). The first-order valence-electron chi connectivity index (χ1n) is 7.19. The van der Waals surface area contributed by atoms with Crippen LogP contribution in [0.25, 0.3) is 5.70 Å². The Kier molecular flexibility index (Phi) is 3.02. The van der Waals surface area contributed by atoms with E-state index in [9.17, 15) is 4.79 Å². The summed E-state index contributed by atoms with van der Waals surface area (Å²) in [5, 5.41) is 9.12. The quantitative estimate of drug-likeness (QED) is 0.795. The number of fused-ring (bicyclic) bond motifs is 1. The lowest BCUT2D eigenvalue weighted by Crippen LogP contribution is -2.38. The van der Waals surface area contributed by atoms with E-state index >= 15 is 0 Å². The maximum absolute atomic E-state index is 12.2. The van der Waals surface area contributed by atoms with Crippen LogP contribution in [-0.4, -0.2) is 23.0 Å². The minimum absolute atomic E-state index is 0.148. The molecule has 21 heavy (non-hydrogen) atoms. The van der Waals surface area contributed by atoms with Crippen molar-refractivity contribution >= 4 is 11.6 Å². The fourth-order valence-corrected chi connectivity index (χ4v) is 2.94. The minimum atomic E-state index is -0.459. The van der Waals surface area contributed by atoms with E-state index in [1.54, 1.807) is 6.07 Å². The molecule has 4 heteroatoms. The van der Waals surface area contributed by atoms with Crippen molar-refractivity contribution in [3.63, 3.8) is 0 Å². The van der Waals surface area contributed by atoms with E-state index < -0.39 is 5.60 Å². The topological polar surface area (TPSA) is 53.3 Å². The number of hydrogen-bond acceptors (Lipinski definition) is 3. The second-order valence-electron chi connectivity index (χ2n) is 6.06. The zero-order valence-electron chi connectivity index (χ0n) is 12.6. The van der Waals surface area contributed by atoms with Gasteiger partial charge < -0.3 is 9.64 Å². The first kappa shape index (κ1) is 13.7. The molecule has 0 atom stereocenters. The first-order chi connectivity index (χ1) is 9.94. The highest BCUT2D eigenvalue weighted by Crippen LogP contribution is 2.43. The van der Waals surface area contributed by atoms with Crippen molar-refractivity contribution in [2.24, 2.45) is 0 Å². The molecule has 4 nitrogen and oxygen atoms in total. The number of nitriles is 1. The van der Waals surface area contributed by atoms with Crippen molar-refractivity contribution < 1.29 is 9.53 Å². The molecule has 0 N–H and O–H groups in total. The highest BCUT2D eigenvalue weighted by molar-refractivity contribution is 5.91. The number of hydrogen-bond donors (Lipinski definition) is 0. The summed E-state index contributed by atoms with van der Waals surface area (Å²) in [6.45, 7) is 6.74. The lowest BCUT2D eigenvalue weighted by molar-refractivity contribution is -0.125. The van der Waals surface area contributed by atoms with Gasteiger partial charge in [0.15, 0.2) is 0 Å². The average Bonchev–Trinajstić information content (AvgIpc) is 2.86. The summed E-state index contributed by atoms with van der Waals surface area (Å²) in [4.78, 5) is 14.0. The lowest BCUT2D eigenvalue weighted by atomic mass is 9.89. The third kappa shape index (κ3) is 2.09. The second kappa shape index (κ2) is 4.63. The number of likely N-dealkylation sites (tertiary alicyclic amines) is 1. The van der Waals surface area contributed by atoms with Gasteiger partial charge >= 0.3 is 0 Å². The van der Waals surface area contributed by atoms with Crippen molar-refractivity contribution in [1.29, 1.82) is 5.26 Å². The van der Waals surface area contributed by atoms with Crippen molar-refractivity contribution in [1.82, 2.24) is 4.90 Å². The maximum atomic E-state index is 12.2. The van der Waals surface area contributed by atoms with Crippen LogP contribution in [-0.2, 0) is 4.79 Å². The molecule has 0 radical (unpaired) electrons. The van der Waals surface area contributed by atoms with E-state index in [4.69, 9.17) is 10.00 Å². The molecule has 0 spiro atoms. The molecule has 1 aromatic rings. The highest BCUT2D eigenvalue weighted by atomic mass is 16.5. The molecule has 0 unspecified atom stereocenters. The van der Waals surface area contributed by atoms with Gasteiger partial charge in [0.05, 0.1) is 17.3 Å². The summed E-state index contributed by atoms with van der Waals surface area (Å²) in [6, 6.07) is 7.54. The second-order valence-corrected chi connectivity index (χ2v) is 6.06. The Labute approximate surface area is 124 Å². The molecule has 2 aliphatic rings. The molecular formula is C17H18N2O2. The number of carbonyl (C=O) groups excluding carboxylic acids is 1. The predicted octanol–water partition coefficient (Wildman–Crippen LogP) is 3.08. The smallest absolute Gasteiger partial charge is 0.227 e. The predicted molar refractivity (Wildman–Crippen MR) is 79.4 cm³/mol. The molecule has 1 aromatic carbocycles. The van der Waals surface area contributed by atoms with Crippen molar-refractivity contribution in [2.75, 3.05) is 6.54 Å². The van der Waals surface area contributed by atoms with Gasteiger partial charge in [-0.2, -0.15) is 5.26 Å². The molecule has 108 valence electrons. The number of carbonyl (C=O) groups is 1. The zero-order chi connectivity index (χ0) is 15.2. The zero-order valence-corrected chi connectivity index (χ0v) is 12.6. The van der Waals surface area contributed by atoms with Crippen LogP contribution in [0.3, 0.4) is 0 Å². The molecule has 0 aliphatic carbocycles. The van der Waals surface area contributed by atoms with Crippen LogP contribution in [0.4, 0.5) is 0 Å². The van der Waals surface area contributed by atoms with Crippen LogP contribution in [0.15, 0.2) is 23.8 Å². The van der Waals surface area contributed by atoms with Crippen LogP contribution in [0, 0.1) is 11.3 Å². The molecule has 0 aromatic heterocycles. The summed E-state index contributed by atoms with van der Waals surface area (Å²) < 4.78 is 6.05. The van der Waals surface area contributed by atoms with Crippen LogP contribution in [0.5, 0.6) is 5.75 Å². The van der Waals surface area contributed by atoms with Crippen LogP contribution >= 0.6 is 0 Å². The molecule has 0 bridgehead atoms. The Morgan fingerprint density at radius 1 is 1.38 bits per heavy atom. The number of ether oxygens (including phenoxy) is 1. The van der Waals surface area contributed by atoms with Gasteiger partial charge in [-0.05, 0) is 51.0 Å². The largest absolute Gasteiger partial charge is 0.483 e. The van der Waals surface area contributed by atoms with E-state index in [1.807, 2.05) is 37.8 Å². The highest BCUT2D eigenvalue weighted by Gasteiger charge is 2.37. The Hall–Kier alpha value is -2.28.